The van der Waals surface area contributed by atoms with Gasteiger partial charge in [-0.3, -0.25) is 9.59 Å². The molecule has 1 aliphatic heterocycles. The van der Waals surface area contributed by atoms with Crippen molar-refractivity contribution in [2.75, 3.05) is 31.1 Å². The molecule has 7 nitrogen and oxygen atoms in total. The molecule has 6 rings (SSSR count). The number of nitrogens with zero attached hydrogens (tertiary/aromatic N) is 3. The first-order valence-electron chi connectivity index (χ1n) is 16.0. The number of aromatic nitrogens is 1. The van der Waals surface area contributed by atoms with Crippen molar-refractivity contribution >= 4 is 28.3 Å². The van der Waals surface area contributed by atoms with Gasteiger partial charge in [0, 0.05) is 42.7 Å². The molecule has 0 bridgehead atoms. The van der Waals surface area contributed by atoms with Crippen LogP contribution in [0.4, 0.5) is 5.13 Å². The molecule has 0 radical (unpaired) electrons. The zero-order chi connectivity index (χ0) is 31.4. The third-order valence-electron chi connectivity index (χ3n) is 9.67. The average Bonchev–Trinajstić information content (AvgIpc) is 3.23. The summed E-state index contributed by atoms with van der Waals surface area (Å²) in [6.07, 6.45) is 2.06. The fraction of sp³-hybridized carbons (Fsp3) is 0.528. The fourth-order valence-electron chi connectivity index (χ4n) is 7.38. The number of aryl methyl sites for hydroxylation is 2. The molecule has 3 aromatic rings. The van der Waals surface area contributed by atoms with E-state index in [1.54, 1.807) is 11.3 Å². The smallest absolute Gasteiger partial charge is 0.310 e. The van der Waals surface area contributed by atoms with E-state index < -0.39 is 5.60 Å². The molecule has 1 amide bonds. The van der Waals surface area contributed by atoms with E-state index in [2.05, 4.69) is 36.3 Å². The Labute approximate surface area is 265 Å². The maximum absolute atomic E-state index is 13.0. The van der Waals surface area contributed by atoms with E-state index in [9.17, 15) is 9.59 Å². The number of thiazole rings is 1. The van der Waals surface area contributed by atoms with E-state index in [4.69, 9.17) is 14.5 Å². The van der Waals surface area contributed by atoms with Crippen molar-refractivity contribution in [3.05, 3.63) is 64.0 Å². The molecule has 4 atom stereocenters. The van der Waals surface area contributed by atoms with Gasteiger partial charge in [-0.2, -0.15) is 0 Å². The molecular weight excluding hydrogens is 570 g/mol. The minimum absolute atomic E-state index is 0.0213. The van der Waals surface area contributed by atoms with Crippen LogP contribution in [0.2, 0.25) is 0 Å². The van der Waals surface area contributed by atoms with Gasteiger partial charge in [-0.1, -0.05) is 24.6 Å². The van der Waals surface area contributed by atoms with Gasteiger partial charge in [-0.25, -0.2) is 4.98 Å². The molecule has 2 heterocycles. The minimum atomic E-state index is -0.452. The first kappa shape index (κ1) is 30.6. The Morgan fingerprint density at radius 3 is 2.61 bits per heavy atom. The number of ether oxygens (including phenoxy) is 2. The van der Waals surface area contributed by atoms with Crippen molar-refractivity contribution in [3.8, 4) is 17.0 Å². The molecular formula is C36H45N3O4S. The SMILES string of the molecule is CCCN(CC)C(=O)c1ccc(COc2ccc(C)cc2-c2csc(N3CC4C(C(=O)OC(C)(C)C)C5CC45C3)n2)c(C)c1. The van der Waals surface area contributed by atoms with Crippen molar-refractivity contribution in [3.63, 3.8) is 0 Å². The lowest BCUT2D eigenvalue weighted by Gasteiger charge is -2.38. The van der Waals surface area contributed by atoms with E-state index in [-0.39, 0.29) is 23.2 Å². The average molecular weight is 616 g/mol. The molecule has 234 valence electrons. The van der Waals surface area contributed by atoms with Gasteiger partial charge in [-0.15, -0.1) is 11.3 Å². The fourth-order valence-corrected chi connectivity index (χ4v) is 8.22. The number of esters is 1. The predicted molar refractivity (Wildman–Crippen MR) is 175 cm³/mol. The molecule has 0 N–H and O–H groups in total. The molecule has 8 heteroatoms. The number of amides is 1. The van der Waals surface area contributed by atoms with E-state index >= 15 is 0 Å². The number of carbonyl (C=O) groups excluding carboxylic acids is 2. The number of hydrogen-bond acceptors (Lipinski definition) is 7. The second-order valence-corrected chi connectivity index (χ2v) is 14.8. The molecule has 2 aromatic carbocycles. The van der Waals surface area contributed by atoms with Gasteiger partial charge in [0.25, 0.3) is 5.91 Å². The van der Waals surface area contributed by atoms with Crippen LogP contribution < -0.4 is 9.64 Å². The summed E-state index contributed by atoms with van der Waals surface area (Å²) in [4.78, 5) is 35.2. The maximum Gasteiger partial charge on any atom is 0.310 e. The van der Waals surface area contributed by atoms with Crippen LogP contribution in [0.15, 0.2) is 41.8 Å². The summed E-state index contributed by atoms with van der Waals surface area (Å²) in [6, 6.07) is 12.1. The van der Waals surface area contributed by atoms with Crippen molar-refractivity contribution in [1.29, 1.82) is 0 Å². The van der Waals surface area contributed by atoms with Crippen LogP contribution >= 0.6 is 11.3 Å². The lowest BCUT2D eigenvalue weighted by Crippen LogP contribution is -2.45. The van der Waals surface area contributed by atoms with Crippen molar-refractivity contribution in [2.24, 2.45) is 23.2 Å². The Bertz CT molecular complexity index is 1580. The van der Waals surface area contributed by atoms with Gasteiger partial charge in [0.05, 0.1) is 11.6 Å². The van der Waals surface area contributed by atoms with Crippen LogP contribution in [0.1, 0.15) is 74.5 Å². The van der Waals surface area contributed by atoms with Crippen LogP contribution in [0, 0.1) is 37.0 Å². The molecule has 44 heavy (non-hydrogen) atoms. The molecule has 3 fully saturated rings. The second kappa shape index (κ2) is 11.5. The summed E-state index contributed by atoms with van der Waals surface area (Å²) in [5.41, 5.74) is 5.66. The Hall–Kier alpha value is -3.39. The lowest BCUT2D eigenvalue weighted by molar-refractivity contribution is -0.168. The van der Waals surface area contributed by atoms with E-state index in [0.29, 0.717) is 25.0 Å². The van der Waals surface area contributed by atoms with Crippen LogP contribution in [0.3, 0.4) is 0 Å². The Morgan fingerprint density at radius 1 is 1.11 bits per heavy atom. The van der Waals surface area contributed by atoms with Gasteiger partial charge in [0.1, 0.15) is 18.0 Å². The summed E-state index contributed by atoms with van der Waals surface area (Å²) in [5, 5.41) is 3.12. The van der Waals surface area contributed by atoms with E-state index in [1.165, 1.54) is 0 Å². The Balaban J connectivity index is 1.14. The number of anilines is 1. The van der Waals surface area contributed by atoms with Crippen LogP contribution in [0.5, 0.6) is 5.75 Å². The van der Waals surface area contributed by atoms with Gasteiger partial charge in [0.2, 0.25) is 0 Å². The maximum atomic E-state index is 13.0. The quantitative estimate of drug-likeness (QED) is 0.223. The minimum Gasteiger partial charge on any atom is -0.488 e. The van der Waals surface area contributed by atoms with Crippen molar-refractivity contribution in [2.45, 2.75) is 73.5 Å². The largest absolute Gasteiger partial charge is 0.488 e. The third-order valence-corrected chi connectivity index (χ3v) is 10.6. The summed E-state index contributed by atoms with van der Waals surface area (Å²) < 4.78 is 12.2. The van der Waals surface area contributed by atoms with Gasteiger partial charge < -0.3 is 19.3 Å². The van der Waals surface area contributed by atoms with E-state index in [0.717, 1.165) is 76.9 Å². The number of rotatable bonds is 10. The number of benzene rings is 2. The van der Waals surface area contributed by atoms with E-state index in [1.807, 2.05) is 63.8 Å². The standard InChI is InChI=1S/C36H45N3O4S/c1-8-14-38(9-2)32(40)24-11-12-25(23(4)16-24)19-42-30-13-10-22(3)15-26(30)29-20-44-34(37-29)39-18-28-31(27-17-36(27,28)21-39)33(41)43-35(5,6)7/h10-13,15-16,20,27-28,31H,8-9,14,17-19,21H2,1-7H3. The summed E-state index contributed by atoms with van der Waals surface area (Å²) in [7, 11) is 0. The second-order valence-electron chi connectivity index (χ2n) is 13.9. The van der Waals surface area contributed by atoms with Crippen molar-refractivity contribution < 1.29 is 19.1 Å². The first-order valence-corrected chi connectivity index (χ1v) is 16.9. The highest BCUT2D eigenvalue weighted by Gasteiger charge is 2.78. The Morgan fingerprint density at radius 2 is 1.91 bits per heavy atom. The van der Waals surface area contributed by atoms with Gasteiger partial charge in [-0.05, 0) is 107 Å². The highest BCUT2D eigenvalue weighted by atomic mass is 32.1. The molecule has 1 spiro atoms. The highest BCUT2D eigenvalue weighted by molar-refractivity contribution is 7.14. The number of hydrogen-bond donors (Lipinski definition) is 0. The van der Waals surface area contributed by atoms with Crippen LogP contribution in [-0.4, -0.2) is 53.5 Å². The van der Waals surface area contributed by atoms with Crippen molar-refractivity contribution in [1.82, 2.24) is 9.88 Å². The molecule has 1 aromatic heterocycles. The van der Waals surface area contributed by atoms with Gasteiger partial charge >= 0.3 is 5.97 Å². The summed E-state index contributed by atoms with van der Waals surface area (Å²) >= 11 is 1.66. The van der Waals surface area contributed by atoms with Gasteiger partial charge in [0.15, 0.2) is 5.13 Å². The molecule has 3 aliphatic rings. The molecule has 2 aliphatic carbocycles. The lowest BCUT2D eigenvalue weighted by atomic mass is 9.66. The zero-order valence-electron chi connectivity index (χ0n) is 27.1. The highest BCUT2D eigenvalue weighted by Crippen LogP contribution is 2.77. The third kappa shape index (κ3) is 5.62. The van der Waals surface area contributed by atoms with Crippen LogP contribution in [0.25, 0.3) is 11.3 Å². The monoisotopic (exact) mass is 615 g/mol. The first-order chi connectivity index (χ1) is 20.9. The molecule has 2 saturated carbocycles. The van der Waals surface area contributed by atoms with Crippen LogP contribution in [-0.2, 0) is 16.1 Å². The zero-order valence-corrected chi connectivity index (χ0v) is 27.9. The topological polar surface area (TPSA) is 72.0 Å². The summed E-state index contributed by atoms with van der Waals surface area (Å²) in [6.45, 7) is 17.8. The molecule has 1 saturated heterocycles. The number of carbonyl (C=O) groups is 2. The molecule has 4 unspecified atom stereocenters. The predicted octanol–water partition coefficient (Wildman–Crippen LogP) is 7.29. The summed E-state index contributed by atoms with van der Waals surface area (Å²) in [5.74, 6) is 1.68. The Kier molecular flexibility index (Phi) is 8.02. The normalized spacial score (nSPS) is 23.4.